The number of carbonyl (C=O) groups excluding carboxylic acids is 1. The zero-order valence-corrected chi connectivity index (χ0v) is 11.1. The number of amides is 1. The highest BCUT2D eigenvalue weighted by atomic mass is 35.5. The molecule has 0 heterocycles. The van der Waals surface area contributed by atoms with Gasteiger partial charge in [-0.05, 0) is 36.4 Å². The number of carbonyl (C=O) groups is 1. The van der Waals surface area contributed by atoms with Crippen molar-refractivity contribution in [2.45, 2.75) is 0 Å². The fraction of sp³-hybridized carbons (Fsp3) is 0.0714. The van der Waals surface area contributed by atoms with Crippen LogP contribution in [0.2, 0.25) is 5.02 Å². The van der Waals surface area contributed by atoms with E-state index in [2.05, 4.69) is 5.32 Å². The molecule has 0 fully saturated rings. The number of ether oxygens (including phenoxy) is 1. The molecule has 19 heavy (non-hydrogen) atoms. The van der Waals surface area contributed by atoms with Gasteiger partial charge in [-0.2, -0.15) is 0 Å². The van der Waals surface area contributed by atoms with Gasteiger partial charge in [-0.15, -0.1) is 0 Å². The number of hydrogen-bond acceptors (Lipinski definition) is 3. The van der Waals surface area contributed by atoms with Crippen LogP contribution in [-0.2, 0) is 0 Å². The Morgan fingerprint density at radius 1 is 1.21 bits per heavy atom. The first kappa shape index (κ1) is 13.2. The van der Waals surface area contributed by atoms with Crippen LogP contribution in [0, 0.1) is 0 Å². The minimum Gasteiger partial charge on any atom is -0.495 e. The predicted molar refractivity (Wildman–Crippen MR) is 76.8 cm³/mol. The van der Waals surface area contributed by atoms with Crippen molar-refractivity contribution >= 4 is 28.9 Å². The third-order valence-corrected chi connectivity index (χ3v) is 2.88. The highest BCUT2D eigenvalue weighted by Gasteiger charge is 2.13. The van der Waals surface area contributed by atoms with Crippen LogP contribution < -0.4 is 15.8 Å². The second-order valence-electron chi connectivity index (χ2n) is 3.88. The minimum absolute atomic E-state index is 0.293. The van der Waals surface area contributed by atoms with E-state index in [-0.39, 0.29) is 5.91 Å². The average molecular weight is 277 g/mol. The molecule has 4 nitrogen and oxygen atoms in total. The summed E-state index contributed by atoms with van der Waals surface area (Å²) in [5.74, 6) is 0.183. The van der Waals surface area contributed by atoms with E-state index in [1.54, 1.807) is 42.5 Å². The van der Waals surface area contributed by atoms with Crippen LogP contribution in [0.3, 0.4) is 0 Å². The molecular weight excluding hydrogens is 264 g/mol. The molecule has 1 amide bonds. The topological polar surface area (TPSA) is 64.3 Å². The van der Waals surface area contributed by atoms with Crippen molar-refractivity contribution in [2.75, 3.05) is 18.2 Å². The summed E-state index contributed by atoms with van der Waals surface area (Å²) in [4.78, 5) is 12.1. The first-order chi connectivity index (χ1) is 9.11. The molecule has 0 radical (unpaired) electrons. The fourth-order valence-corrected chi connectivity index (χ4v) is 1.78. The maximum Gasteiger partial charge on any atom is 0.257 e. The third-order valence-electron chi connectivity index (χ3n) is 2.63. The van der Waals surface area contributed by atoms with Gasteiger partial charge in [0, 0.05) is 10.7 Å². The lowest BCUT2D eigenvalue weighted by molar-refractivity contribution is 0.102. The molecule has 98 valence electrons. The molecule has 5 heteroatoms. The summed E-state index contributed by atoms with van der Waals surface area (Å²) in [5, 5.41) is 3.35. The highest BCUT2D eigenvalue weighted by Crippen LogP contribution is 2.25. The van der Waals surface area contributed by atoms with Crippen molar-refractivity contribution in [3.8, 4) is 5.75 Å². The standard InChI is InChI=1S/C14H13ClN2O2/c1-19-12-4-2-3-11(13(12)16)14(18)17-10-7-5-9(15)6-8-10/h2-8H,16H2,1H3,(H,17,18). The zero-order valence-electron chi connectivity index (χ0n) is 10.3. The average Bonchev–Trinajstić information content (AvgIpc) is 2.41. The van der Waals surface area contributed by atoms with E-state index in [1.165, 1.54) is 7.11 Å². The molecule has 0 aliphatic rings. The summed E-state index contributed by atoms with van der Waals surface area (Å²) in [6, 6.07) is 11.9. The summed E-state index contributed by atoms with van der Waals surface area (Å²) in [6.45, 7) is 0. The molecular formula is C14H13ClN2O2. The second kappa shape index (κ2) is 5.63. The van der Waals surface area contributed by atoms with E-state index in [1.807, 2.05) is 0 Å². The molecule has 0 spiro atoms. The van der Waals surface area contributed by atoms with Crippen molar-refractivity contribution < 1.29 is 9.53 Å². The number of anilines is 2. The molecule has 0 bridgehead atoms. The van der Waals surface area contributed by atoms with E-state index >= 15 is 0 Å². The van der Waals surface area contributed by atoms with Gasteiger partial charge in [-0.25, -0.2) is 0 Å². The highest BCUT2D eigenvalue weighted by molar-refractivity contribution is 6.30. The number of benzene rings is 2. The molecule has 0 unspecified atom stereocenters. The van der Waals surface area contributed by atoms with Gasteiger partial charge in [0.25, 0.3) is 5.91 Å². The number of halogens is 1. The Bertz CT molecular complexity index is 597. The van der Waals surface area contributed by atoms with Gasteiger partial charge >= 0.3 is 0 Å². The largest absolute Gasteiger partial charge is 0.495 e. The van der Waals surface area contributed by atoms with Gasteiger partial charge < -0.3 is 15.8 Å². The monoisotopic (exact) mass is 276 g/mol. The fourth-order valence-electron chi connectivity index (χ4n) is 1.65. The van der Waals surface area contributed by atoms with Crippen molar-refractivity contribution in [2.24, 2.45) is 0 Å². The number of hydrogen-bond donors (Lipinski definition) is 2. The summed E-state index contributed by atoms with van der Waals surface area (Å²) < 4.78 is 5.08. The maximum atomic E-state index is 12.1. The Labute approximate surface area is 116 Å². The van der Waals surface area contributed by atoms with Crippen molar-refractivity contribution in [1.82, 2.24) is 0 Å². The van der Waals surface area contributed by atoms with Crippen LogP contribution in [0.5, 0.6) is 5.75 Å². The quantitative estimate of drug-likeness (QED) is 0.846. The predicted octanol–water partition coefficient (Wildman–Crippen LogP) is 3.18. The SMILES string of the molecule is COc1cccc(C(=O)Nc2ccc(Cl)cc2)c1N. The molecule has 2 aromatic carbocycles. The number of nitrogens with one attached hydrogen (secondary N) is 1. The summed E-state index contributed by atoms with van der Waals surface area (Å²) in [5.41, 5.74) is 7.20. The van der Waals surface area contributed by atoms with E-state index in [9.17, 15) is 4.79 Å². The Kier molecular flexibility index (Phi) is 3.92. The molecule has 0 aromatic heterocycles. The second-order valence-corrected chi connectivity index (χ2v) is 4.32. The molecule has 0 saturated heterocycles. The lowest BCUT2D eigenvalue weighted by Gasteiger charge is -2.10. The Morgan fingerprint density at radius 3 is 2.53 bits per heavy atom. The van der Waals surface area contributed by atoms with Gasteiger partial charge in [-0.3, -0.25) is 4.79 Å². The normalized spacial score (nSPS) is 10.0. The van der Waals surface area contributed by atoms with Crippen molar-refractivity contribution in [3.63, 3.8) is 0 Å². The van der Waals surface area contributed by atoms with Crippen LogP contribution in [0.25, 0.3) is 0 Å². The lowest BCUT2D eigenvalue weighted by Crippen LogP contribution is -2.14. The van der Waals surface area contributed by atoms with Gasteiger partial charge in [-0.1, -0.05) is 17.7 Å². The van der Waals surface area contributed by atoms with Gasteiger partial charge in [0.05, 0.1) is 18.4 Å². The number of para-hydroxylation sites is 1. The number of methoxy groups -OCH3 is 1. The number of rotatable bonds is 3. The van der Waals surface area contributed by atoms with E-state index in [4.69, 9.17) is 22.1 Å². The smallest absolute Gasteiger partial charge is 0.257 e. The van der Waals surface area contributed by atoms with E-state index in [0.717, 1.165) is 0 Å². The summed E-state index contributed by atoms with van der Waals surface area (Å²) in [6.07, 6.45) is 0. The van der Waals surface area contributed by atoms with Crippen LogP contribution in [0.1, 0.15) is 10.4 Å². The number of nitrogens with two attached hydrogens (primary N) is 1. The summed E-state index contributed by atoms with van der Waals surface area (Å²) >= 11 is 5.78. The van der Waals surface area contributed by atoms with Crippen molar-refractivity contribution in [1.29, 1.82) is 0 Å². The molecule has 0 aliphatic carbocycles. The maximum absolute atomic E-state index is 12.1. The Morgan fingerprint density at radius 2 is 1.89 bits per heavy atom. The first-order valence-electron chi connectivity index (χ1n) is 5.61. The molecule has 0 atom stereocenters. The van der Waals surface area contributed by atoms with E-state index < -0.39 is 0 Å². The minimum atomic E-state index is -0.293. The van der Waals surface area contributed by atoms with Crippen LogP contribution in [0.4, 0.5) is 11.4 Å². The Hall–Kier alpha value is -2.20. The van der Waals surface area contributed by atoms with Crippen LogP contribution in [-0.4, -0.2) is 13.0 Å². The molecule has 3 N–H and O–H groups in total. The molecule has 0 saturated carbocycles. The molecule has 2 rings (SSSR count). The number of nitrogen functional groups attached to an aromatic ring is 1. The van der Waals surface area contributed by atoms with Crippen LogP contribution >= 0.6 is 11.6 Å². The zero-order chi connectivity index (χ0) is 13.8. The van der Waals surface area contributed by atoms with Crippen LogP contribution in [0.15, 0.2) is 42.5 Å². The van der Waals surface area contributed by atoms with Gasteiger partial charge in [0.2, 0.25) is 0 Å². The summed E-state index contributed by atoms with van der Waals surface area (Å²) in [7, 11) is 1.51. The van der Waals surface area contributed by atoms with Gasteiger partial charge in [0.1, 0.15) is 5.75 Å². The molecule has 0 aliphatic heterocycles. The van der Waals surface area contributed by atoms with E-state index in [0.29, 0.717) is 27.7 Å². The van der Waals surface area contributed by atoms with Gasteiger partial charge in [0.15, 0.2) is 0 Å². The first-order valence-corrected chi connectivity index (χ1v) is 5.99. The lowest BCUT2D eigenvalue weighted by atomic mass is 10.1. The third kappa shape index (κ3) is 2.98. The van der Waals surface area contributed by atoms with Crippen molar-refractivity contribution in [3.05, 3.63) is 53.1 Å². The Balaban J connectivity index is 2.23. The molecule has 2 aromatic rings.